The van der Waals surface area contributed by atoms with Crippen molar-refractivity contribution in [3.8, 4) is 0 Å². The Balaban J connectivity index is 2.86. The highest BCUT2D eigenvalue weighted by Crippen LogP contribution is 2.27. The molecule has 0 aromatic heterocycles. The second-order valence-electron chi connectivity index (χ2n) is 5.52. The van der Waals surface area contributed by atoms with Gasteiger partial charge in [-0.3, -0.25) is 0 Å². The molecule has 1 aromatic carbocycles. The summed E-state index contributed by atoms with van der Waals surface area (Å²) in [7, 11) is 0. The molecular formula is C14H21F2N. The molecule has 0 spiro atoms. The number of alkyl halides is 2. The first-order chi connectivity index (χ1) is 7.74. The third-order valence-corrected chi connectivity index (χ3v) is 2.77. The zero-order valence-electron chi connectivity index (χ0n) is 10.8. The smallest absolute Gasteiger partial charge is 0.253 e. The van der Waals surface area contributed by atoms with Crippen LogP contribution in [0.1, 0.15) is 38.3 Å². The molecule has 0 bridgehead atoms. The topological polar surface area (TPSA) is 26.0 Å². The summed E-state index contributed by atoms with van der Waals surface area (Å²) in [6.07, 6.45) is -0.485. The summed E-state index contributed by atoms with van der Waals surface area (Å²) in [5.41, 5.74) is 6.93. The maximum absolute atomic E-state index is 13.5. The molecule has 0 saturated heterocycles. The van der Waals surface area contributed by atoms with Crippen LogP contribution in [0.5, 0.6) is 0 Å². The molecule has 1 nitrogen and oxygen atoms in total. The van der Waals surface area contributed by atoms with E-state index in [4.69, 9.17) is 5.73 Å². The van der Waals surface area contributed by atoms with Crippen LogP contribution in [-0.4, -0.2) is 12.5 Å². The molecule has 0 radical (unpaired) electrons. The van der Waals surface area contributed by atoms with Gasteiger partial charge in [-0.1, -0.05) is 45.0 Å². The number of nitrogens with two attached hydrogens (primary N) is 1. The van der Waals surface area contributed by atoms with Gasteiger partial charge in [-0.05, 0) is 23.1 Å². The van der Waals surface area contributed by atoms with Crippen LogP contribution in [0.15, 0.2) is 24.3 Å². The van der Waals surface area contributed by atoms with Gasteiger partial charge in [0.25, 0.3) is 5.92 Å². The lowest BCUT2D eigenvalue weighted by molar-refractivity contribution is -0.00454. The predicted octanol–water partition coefficient (Wildman–Crippen LogP) is 3.51. The van der Waals surface area contributed by atoms with Gasteiger partial charge in [-0.25, -0.2) is 8.78 Å². The monoisotopic (exact) mass is 241 g/mol. The summed E-state index contributed by atoms with van der Waals surface area (Å²) in [4.78, 5) is 0. The fraction of sp³-hybridized carbons (Fsp3) is 0.571. The lowest BCUT2D eigenvalue weighted by Crippen LogP contribution is -2.24. The van der Waals surface area contributed by atoms with Crippen molar-refractivity contribution in [3.05, 3.63) is 35.4 Å². The highest BCUT2D eigenvalue weighted by atomic mass is 19.3. The van der Waals surface area contributed by atoms with Crippen molar-refractivity contribution in [2.75, 3.05) is 6.54 Å². The molecule has 1 aromatic rings. The van der Waals surface area contributed by atoms with Crippen molar-refractivity contribution in [1.29, 1.82) is 0 Å². The van der Waals surface area contributed by atoms with Crippen molar-refractivity contribution in [3.63, 3.8) is 0 Å². The van der Waals surface area contributed by atoms with Crippen LogP contribution >= 0.6 is 0 Å². The van der Waals surface area contributed by atoms with E-state index in [1.807, 2.05) is 18.2 Å². The maximum Gasteiger partial charge on any atom is 0.253 e. The van der Waals surface area contributed by atoms with Crippen molar-refractivity contribution in [1.82, 2.24) is 0 Å². The van der Waals surface area contributed by atoms with Crippen molar-refractivity contribution in [2.24, 2.45) is 5.73 Å². The number of halogens is 2. The molecule has 0 atom stereocenters. The second-order valence-corrected chi connectivity index (χ2v) is 5.52. The molecule has 96 valence electrons. The second kappa shape index (κ2) is 5.13. The number of benzene rings is 1. The van der Waals surface area contributed by atoms with Gasteiger partial charge in [-0.2, -0.15) is 0 Å². The van der Waals surface area contributed by atoms with Crippen LogP contribution < -0.4 is 5.73 Å². The van der Waals surface area contributed by atoms with E-state index in [0.717, 1.165) is 5.56 Å². The van der Waals surface area contributed by atoms with Crippen LogP contribution in [0.4, 0.5) is 8.78 Å². The van der Waals surface area contributed by atoms with E-state index in [9.17, 15) is 8.78 Å². The van der Waals surface area contributed by atoms with E-state index in [2.05, 4.69) is 20.8 Å². The summed E-state index contributed by atoms with van der Waals surface area (Å²) >= 11 is 0. The van der Waals surface area contributed by atoms with Gasteiger partial charge in [0.1, 0.15) is 0 Å². The predicted molar refractivity (Wildman–Crippen MR) is 67.5 cm³/mol. The first-order valence-corrected chi connectivity index (χ1v) is 5.92. The maximum atomic E-state index is 13.5. The zero-order valence-corrected chi connectivity index (χ0v) is 10.8. The van der Waals surface area contributed by atoms with Gasteiger partial charge < -0.3 is 5.73 Å². The van der Waals surface area contributed by atoms with E-state index in [1.165, 1.54) is 0 Å². The summed E-state index contributed by atoms with van der Waals surface area (Å²) in [6, 6.07) is 7.43. The summed E-state index contributed by atoms with van der Waals surface area (Å²) in [5, 5.41) is 0. The summed E-state index contributed by atoms with van der Waals surface area (Å²) in [5.74, 6) is -2.70. The van der Waals surface area contributed by atoms with Crippen LogP contribution in [-0.2, 0) is 11.8 Å². The van der Waals surface area contributed by atoms with Gasteiger partial charge in [0, 0.05) is 12.8 Å². The standard InChI is InChI=1S/C14H21F2N/c1-13(2,3)12-6-4-5-11(9-12)10-14(15,16)7-8-17/h4-6,9H,7-8,10,17H2,1-3H3. The molecule has 0 aliphatic heterocycles. The lowest BCUT2D eigenvalue weighted by Gasteiger charge is -2.21. The molecule has 0 aliphatic rings. The van der Waals surface area contributed by atoms with Crippen LogP contribution in [0.25, 0.3) is 0 Å². The zero-order chi connectivity index (χ0) is 13.1. The molecule has 3 heteroatoms. The van der Waals surface area contributed by atoms with Gasteiger partial charge in [0.05, 0.1) is 0 Å². The minimum absolute atomic E-state index is 0.0147. The quantitative estimate of drug-likeness (QED) is 0.857. The SMILES string of the molecule is CC(C)(C)c1cccc(CC(F)(F)CCN)c1. The highest BCUT2D eigenvalue weighted by Gasteiger charge is 2.28. The third kappa shape index (κ3) is 4.43. The van der Waals surface area contributed by atoms with Crippen molar-refractivity contribution in [2.45, 2.75) is 45.0 Å². The highest BCUT2D eigenvalue weighted by molar-refractivity contribution is 5.29. The summed E-state index contributed by atoms with van der Waals surface area (Å²) < 4.78 is 26.9. The Kier molecular flexibility index (Phi) is 4.26. The lowest BCUT2D eigenvalue weighted by atomic mass is 9.85. The van der Waals surface area contributed by atoms with Crippen LogP contribution in [0.3, 0.4) is 0 Å². The van der Waals surface area contributed by atoms with Crippen LogP contribution in [0.2, 0.25) is 0 Å². The van der Waals surface area contributed by atoms with E-state index >= 15 is 0 Å². The third-order valence-electron chi connectivity index (χ3n) is 2.77. The van der Waals surface area contributed by atoms with Crippen molar-refractivity contribution >= 4 is 0 Å². The van der Waals surface area contributed by atoms with Crippen molar-refractivity contribution < 1.29 is 8.78 Å². The minimum atomic E-state index is -2.70. The Bertz CT molecular complexity index is 367. The fourth-order valence-electron chi connectivity index (χ4n) is 1.75. The Labute approximate surface area is 102 Å². The van der Waals surface area contributed by atoms with Gasteiger partial charge in [-0.15, -0.1) is 0 Å². The average Bonchev–Trinajstić information content (AvgIpc) is 2.15. The first kappa shape index (κ1) is 14.1. The number of hydrogen-bond acceptors (Lipinski definition) is 1. The largest absolute Gasteiger partial charge is 0.330 e. The molecule has 0 saturated carbocycles. The molecule has 1 rings (SSSR count). The normalized spacial score (nSPS) is 12.8. The summed E-state index contributed by atoms with van der Waals surface area (Å²) in [6.45, 7) is 6.24. The Morgan fingerprint density at radius 1 is 1.18 bits per heavy atom. The van der Waals surface area contributed by atoms with E-state index in [1.54, 1.807) is 6.07 Å². The van der Waals surface area contributed by atoms with Crippen LogP contribution in [0, 0.1) is 0 Å². The van der Waals surface area contributed by atoms with E-state index in [0.29, 0.717) is 5.56 Å². The Morgan fingerprint density at radius 2 is 1.82 bits per heavy atom. The average molecular weight is 241 g/mol. The minimum Gasteiger partial charge on any atom is -0.330 e. The molecule has 0 amide bonds. The number of rotatable bonds is 4. The first-order valence-electron chi connectivity index (χ1n) is 5.92. The molecule has 0 heterocycles. The van der Waals surface area contributed by atoms with E-state index < -0.39 is 5.92 Å². The fourth-order valence-corrected chi connectivity index (χ4v) is 1.75. The van der Waals surface area contributed by atoms with Gasteiger partial charge >= 0.3 is 0 Å². The van der Waals surface area contributed by atoms with Gasteiger partial charge in [0.2, 0.25) is 0 Å². The Morgan fingerprint density at radius 3 is 2.35 bits per heavy atom. The van der Waals surface area contributed by atoms with Gasteiger partial charge in [0.15, 0.2) is 0 Å². The Hall–Kier alpha value is -0.960. The molecule has 0 fully saturated rings. The molecule has 0 aliphatic carbocycles. The molecule has 2 N–H and O–H groups in total. The molecule has 17 heavy (non-hydrogen) atoms. The molecular weight excluding hydrogens is 220 g/mol. The molecule has 0 unspecified atom stereocenters. The number of hydrogen-bond donors (Lipinski definition) is 1. The van der Waals surface area contributed by atoms with E-state index in [-0.39, 0.29) is 24.8 Å².